The molecule has 5 heteroatoms. The van der Waals surface area contributed by atoms with Crippen molar-refractivity contribution in [2.45, 2.75) is 6.92 Å². The number of benzene rings is 3. The Hall–Kier alpha value is -2.20. The minimum Gasteiger partial charge on any atom is -0.456 e. The van der Waals surface area contributed by atoms with Crippen LogP contribution in [0.3, 0.4) is 0 Å². The van der Waals surface area contributed by atoms with Crippen LogP contribution < -0.4 is 0 Å². The van der Waals surface area contributed by atoms with E-state index >= 15 is 0 Å². The fraction of sp³-hybridized carbons (Fsp3) is 0.0455. The summed E-state index contributed by atoms with van der Waals surface area (Å²) in [7, 11) is 0. The number of imidazole rings is 1. The molecule has 135 valence electrons. The van der Waals surface area contributed by atoms with Crippen LogP contribution in [0.25, 0.3) is 39.0 Å². The van der Waals surface area contributed by atoms with E-state index in [0.29, 0.717) is 0 Å². The van der Waals surface area contributed by atoms with Crippen molar-refractivity contribution in [1.82, 2.24) is 9.55 Å². The van der Waals surface area contributed by atoms with Gasteiger partial charge in [-0.3, -0.25) is 4.98 Å². The number of halogens is 1. The Balaban J connectivity index is 0.00000180. The molecule has 27 heavy (non-hydrogen) atoms. The molecule has 5 rings (SSSR count). The Morgan fingerprint density at radius 3 is 2.63 bits per heavy atom. The van der Waals surface area contributed by atoms with Crippen LogP contribution in [0.5, 0.6) is 0 Å². The summed E-state index contributed by atoms with van der Waals surface area (Å²) in [6.45, 7) is 2.11. The van der Waals surface area contributed by atoms with Crippen molar-refractivity contribution in [2.24, 2.45) is 0 Å². The maximum atomic E-state index is 6.07. The van der Waals surface area contributed by atoms with Crippen LogP contribution >= 0.6 is 15.9 Å². The largest absolute Gasteiger partial charge is 0.456 e. The molecule has 0 bridgehead atoms. The normalized spacial score (nSPS) is 11.0. The van der Waals surface area contributed by atoms with Gasteiger partial charge in [-0.25, -0.2) is 0 Å². The van der Waals surface area contributed by atoms with Gasteiger partial charge >= 0.3 is 0 Å². The second-order valence-corrected chi connectivity index (χ2v) is 7.05. The van der Waals surface area contributed by atoms with Crippen LogP contribution in [-0.2, 0) is 20.1 Å². The number of para-hydroxylation sites is 1. The van der Waals surface area contributed by atoms with Gasteiger partial charge in [0.15, 0.2) is 0 Å². The molecule has 1 radical (unpaired) electrons. The molecule has 0 N–H and O–H groups in total. The summed E-state index contributed by atoms with van der Waals surface area (Å²) in [6.07, 6.45) is 2.00. The quantitative estimate of drug-likeness (QED) is 0.225. The van der Waals surface area contributed by atoms with E-state index in [1.807, 2.05) is 54.7 Å². The average molecular weight is 594 g/mol. The number of furan rings is 1. The molecule has 2 aromatic heterocycles. The number of hydrogen-bond acceptors (Lipinski definition) is 2. The van der Waals surface area contributed by atoms with Crippen molar-refractivity contribution in [3.8, 4) is 17.1 Å². The van der Waals surface area contributed by atoms with Gasteiger partial charge in [0.1, 0.15) is 15.8 Å². The van der Waals surface area contributed by atoms with E-state index < -0.39 is 0 Å². The molecule has 0 aliphatic carbocycles. The number of nitrogens with zero attached hydrogens (tertiary/aromatic N) is 2. The summed E-state index contributed by atoms with van der Waals surface area (Å²) in [5, 5.41) is 2.21. The molecule has 0 saturated carbocycles. The van der Waals surface area contributed by atoms with Gasteiger partial charge in [0.25, 0.3) is 0 Å². The third-order valence-corrected chi connectivity index (χ3v) is 4.97. The number of aromatic nitrogens is 2. The van der Waals surface area contributed by atoms with E-state index in [1.165, 1.54) is 0 Å². The molecular weight excluding hydrogens is 580 g/mol. The first-order chi connectivity index (χ1) is 12.7. The third kappa shape index (κ3) is 2.96. The molecule has 2 heterocycles. The molecule has 5 aromatic rings. The number of hydrogen-bond donors (Lipinski definition) is 0. The fourth-order valence-corrected chi connectivity index (χ4v) is 3.83. The Morgan fingerprint density at radius 1 is 1.00 bits per heavy atom. The monoisotopic (exact) mass is 594 g/mol. The zero-order valence-corrected chi connectivity index (χ0v) is 18.3. The van der Waals surface area contributed by atoms with Gasteiger partial charge < -0.3 is 8.98 Å². The van der Waals surface area contributed by atoms with Crippen molar-refractivity contribution in [3.05, 3.63) is 83.1 Å². The molecule has 0 aliphatic rings. The van der Waals surface area contributed by atoms with E-state index in [-0.39, 0.29) is 20.1 Å². The number of rotatable bonds is 2. The molecule has 0 saturated heterocycles. The maximum absolute atomic E-state index is 6.07. The minimum absolute atomic E-state index is 0. The van der Waals surface area contributed by atoms with Crippen LogP contribution in [0, 0.1) is 13.0 Å². The fourth-order valence-electron chi connectivity index (χ4n) is 3.46. The Labute approximate surface area is 178 Å². The van der Waals surface area contributed by atoms with Crippen LogP contribution in [0.1, 0.15) is 5.56 Å². The second kappa shape index (κ2) is 7.08. The first-order valence-corrected chi connectivity index (χ1v) is 9.15. The Kier molecular flexibility index (Phi) is 4.77. The smallest absolute Gasteiger partial charge is 0.137 e. The van der Waals surface area contributed by atoms with Gasteiger partial charge in [0.05, 0.1) is 16.9 Å². The van der Waals surface area contributed by atoms with Crippen molar-refractivity contribution < 1.29 is 24.5 Å². The van der Waals surface area contributed by atoms with E-state index in [9.17, 15) is 0 Å². The molecule has 0 unspecified atom stereocenters. The predicted molar refractivity (Wildman–Crippen MR) is 108 cm³/mol. The first kappa shape index (κ1) is 18.2. The van der Waals surface area contributed by atoms with Crippen LogP contribution in [0.2, 0.25) is 0 Å². The van der Waals surface area contributed by atoms with E-state index in [1.54, 1.807) is 0 Å². The molecule has 3 nitrogen and oxygen atoms in total. The first-order valence-electron chi connectivity index (χ1n) is 8.35. The summed E-state index contributed by atoms with van der Waals surface area (Å²) in [6, 6.07) is 23.4. The van der Waals surface area contributed by atoms with Crippen molar-refractivity contribution in [2.75, 3.05) is 0 Å². The number of aryl methyl sites for hydroxylation is 1. The Bertz CT molecular complexity index is 1260. The SMILES string of the molecule is Cc1ccc2oc3ccccc3c2c1-n1cc(Br)nc1-c1[c-]cccc1.[Ir]. The minimum atomic E-state index is 0. The summed E-state index contributed by atoms with van der Waals surface area (Å²) >= 11 is 3.54. The molecular formula is C22H14BrIrN2O-. The average Bonchev–Trinajstić information content (AvgIpc) is 3.23. The molecule has 0 spiro atoms. The standard InChI is InChI=1S/C22H14BrN2O.Ir/c1-14-11-12-18-20(16-9-5-6-10-17(16)26-18)21(14)25-13-19(23)24-22(25)15-7-3-2-4-8-15;/h2-7,9-13H,1H3;/q-1;. The van der Waals surface area contributed by atoms with Gasteiger partial charge in [0.2, 0.25) is 0 Å². The van der Waals surface area contributed by atoms with Crippen LogP contribution in [-0.4, -0.2) is 9.55 Å². The van der Waals surface area contributed by atoms with Gasteiger partial charge in [0, 0.05) is 31.7 Å². The van der Waals surface area contributed by atoms with E-state index in [4.69, 9.17) is 4.42 Å². The topological polar surface area (TPSA) is 31.0 Å². The van der Waals surface area contributed by atoms with Crippen molar-refractivity contribution in [1.29, 1.82) is 0 Å². The van der Waals surface area contributed by atoms with Crippen molar-refractivity contribution >= 4 is 37.9 Å². The molecule has 0 aliphatic heterocycles. The van der Waals surface area contributed by atoms with Gasteiger partial charge in [-0.1, -0.05) is 24.3 Å². The van der Waals surface area contributed by atoms with Crippen molar-refractivity contribution in [3.63, 3.8) is 0 Å². The summed E-state index contributed by atoms with van der Waals surface area (Å²) in [4.78, 5) is 4.69. The zero-order chi connectivity index (χ0) is 17.7. The van der Waals surface area contributed by atoms with Gasteiger partial charge in [-0.2, -0.15) is 0 Å². The molecule has 3 aromatic carbocycles. The second-order valence-electron chi connectivity index (χ2n) is 6.24. The predicted octanol–water partition coefficient (Wildman–Crippen LogP) is 6.31. The van der Waals surface area contributed by atoms with E-state index in [0.717, 1.165) is 49.2 Å². The summed E-state index contributed by atoms with van der Waals surface area (Å²) < 4.78 is 8.98. The maximum Gasteiger partial charge on any atom is 0.137 e. The summed E-state index contributed by atoms with van der Waals surface area (Å²) in [5.41, 5.74) is 4.95. The number of fused-ring (bicyclic) bond motifs is 3. The third-order valence-electron chi connectivity index (χ3n) is 4.59. The molecule has 0 atom stereocenters. The van der Waals surface area contributed by atoms with Gasteiger partial charge in [-0.05, 0) is 40.5 Å². The molecule has 0 amide bonds. The van der Waals surface area contributed by atoms with Crippen LogP contribution in [0.15, 0.2) is 75.9 Å². The Morgan fingerprint density at radius 2 is 1.81 bits per heavy atom. The molecule has 0 fully saturated rings. The van der Waals surface area contributed by atoms with Crippen LogP contribution in [0.4, 0.5) is 0 Å². The zero-order valence-electron chi connectivity index (χ0n) is 14.4. The van der Waals surface area contributed by atoms with E-state index in [2.05, 4.69) is 50.6 Å². The van der Waals surface area contributed by atoms with Gasteiger partial charge in [-0.15, -0.1) is 35.9 Å². The summed E-state index contributed by atoms with van der Waals surface area (Å²) in [5.74, 6) is 0.846.